The Morgan fingerprint density at radius 1 is 1.56 bits per heavy atom. The Kier molecular flexibility index (Phi) is 4.03. The van der Waals surface area contributed by atoms with Crippen LogP contribution in [0.15, 0.2) is 0 Å². The van der Waals surface area contributed by atoms with E-state index >= 15 is 0 Å². The van der Waals surface area contributed by atoms with Gasteiger partial charge in [0.05, 0.1) is 12.1 Å². The molecule has 6 nitrogen and oxygen atoms in total. The molecule has 1 fully saturated rings. The summed E-state index contributed by atoms with van der Waals surface area (Å²) in [5.74, 6) is 0.0597. The SMILES string of the molecule is CNC(=O)c1c(N)nsc1NC1CCCC1OC. The van der Waals surface area contributed by atoms with E-state index in [-0.39, 0.29) is 23.9 Å². The van der Waals surface area contributed by atoms with Gasteiger partial charge in [-0.15, -0.1) is 0 Å². The normalized spacial score (nSPS) is 23.0. The highest BCUT2D eigenvalue weighted by molar-refractivity contribution is 7.11. The van der Waals surface area contributed by atoms with E-state index in [1.807, 2.05) is 0 Å². The van der Waals surface area contributed by atoms with Crippen LogP contribution in [0.5, 0.6) is 0 Å². The second-order valence-electron chi connectivity index (χ2n) is 4.31. The van der Waals surface area contributed by atoms with Gasteiger partial charge in [0.1, 0.15) is 10.6 Å². The van der Waals surface area contributed by atoms with Gasteiger partial charge in [-0.1, -0.05) is 0 Å². The number of hydrogen-bond acceptors (Lipinski definition) is 6. The molecule has 7 heteroatoms. The molecule has 0 spiro atoms. The monoisotopic (exact) mass is 270 g/mol. The summed E-state index contributed by atoms with van der Waals surface area (Å²) >= 11 is 1.22. The number of rotatable bonds is 4. The number of anilines is 2. The molecule has 0 bridgehead atoms. The zero-order valence-corrected chi connectivity index (χ0v) is 11.3. The van der Waals surface area contributed by atoms with Gasteiger partial charge in [-0.3, -0.25) is 4.79 Å². The van der Waals surface area contributed by atoms with Crippen LogP contribution in [-0.2, 0) is 4.74 Å². The van der Waals surface area contributed by atoms with Crippen molar-refractivity contribution >= 4 is 28.3 Å². The predicted molar refractivity (Wildman–Crippen MR) is 72.0 cm³/mol. The fourth-order valence-electron chi connectivity index (χ4n) is 2.29. The maximum absolute atomic E-state index is 11.7. The number of ether oxygens (including phenoxy) is 1. The van der Waals surface area contributed by atoms with Gasteiger partial charge in [0.25, 0.3) is 5.91 Å². The molecule has 18 heavy (non-hydrogen) atoms. The van der Waals surface area contributed by atoms with Crippen molar-refractivity contribution < 1.29 is 9.53 Å². The Labute approximate surface area is 110 Å². The highest BCUT2D eigenvalue weighted by atomic mass is 32.1. The Morgan fingerprint density at radius 2 is 2.33 bits per heavy atom. The van der Waals surface area contributed by atoms with Gasteiger partial charge in [-0.05, 0) is 30.8 Å². The number of nitrogen functional groups attached to an aromatic ring is 1. The van der Waals surface area contributed by atoms with Gasteiger partial charge in [-0.25, -0.2) is 0 Å². The van der Waals surface area contributed by atoms with Crippen molar-refractivity contribution in [1.82, 2.24) is 9.69 Å². The molecular formula is C11H18N4O2S. The maximum Gasteiger partial charge on any atom is 0.257 e. The Bertz CT molecular complexity index is 435. The van der Waals surface area contributed by atoms with Crippen LogP contribution in [0.4, 0.5) is 10.8 Å². The van der Waals surface area contributed by atoms with Gasteiger partial charge in [-0.2, -0.15) is 4.37 Å². The Hall–Kier alpha value is -1.34. The van der Waals surface area contributed by atoms with Gasteiger partial charge >= 0.3 is 0 Å². The third kappa shape index (κ3) is 2.41. The van der Waals surface area contributed by atoms with Crippen LogP contribution in [0, 0.1) is 0 Å². The molecule has 1 heterocycles. The number of nitrogens with zero attached hydrogens (tertiary/aromatic N) is 1. The summed E-state index contributed by atoms with van der Waals surface area (Å²) in [6.07, 6.45) is 3.38. The number of carbonyl (C=O) groups excluding carboxylic acids is 1. The number of nitrogens with one attached hydrogen (secondary N) is 2. The van der Waals surface area contributed by atoms with E-state index in [0.717, 1.165) is 24.3 Å². The topological polar surface area (TPSA) is 89.3 Å². The molecule has 0 radical (unpaired) electrons. The highest BCUT2D eigenvalue weighted by Gasteiger charge is 2.29. The first-order valence-corrected chi connectivity index (χ1v) is 6.71. The zero-order valence-electron chi connectivity index (χ0n) is 10.5. The van der Waals surface area contributed by atoms with Gasteiger partial charge < -0.3 is 21.1 Å². The number of hydrogen-bond donors (Lipinski definition) is 3. The van der Waals surface area contributed by atoms with Crippen LogP contribution < -0.4 is 16.4 Å². The fourth-order valence-corrected chi connectivity index (χ4v) is 3.06. The van der Waals surface area contributed by atoms with E-state index in [4.69, 9.17) is 10.5 Å². The van der Waals surface area contributed by atoms with Crippen LogP contribution in [0.3, 0.4) is 0 Å². The molecule has 0 saturated heterocycles. The van der Waals surface area contributed by atoms with Crippen molar-refractivity contribution in [2.45, 2.75) is 31.4 Å². The molecule has 1 saturated carbocycles. The molecule has 0 aromatic carbocycles. The van der Waals surface area contributed by atoms with Crippen molar-refractivity contribution in [3.05, 3.63) is 5.56 Å². The zero-order chi connectivity index (χ0) is 13.1. The average Bonchev–Trinajstić information content (AvgIpc) is 2.96. The molecule has 1 aromatic heterocycles. The quantitative estimate of drug-likeness (QED) is 0.761. The predicted octanol–water partition coefficient (Wildman–Crippen LogP) is 1.06. The first-order chi connectivity index (χ1) is 8.67. The van der Waals surface area contributed by atoms with Crippen LogP contribution in [0.1, 0.15) is 29.6 Å². The molecule has 1 aliphatic rings. The molecule has 100 valence electrons. The van der Waals surface area contributed by atoms with Crippen LogP contribution in [0.25, 0.3) is 0 Å². The number of aromatic nitrogens is 1. The lowest BCUT2D eigenvalue weighted by Crippen LogP contribution is -2.30. The minimum Gasteiger partial charge on any atom is -0.382 e. The lowest BCUT2D eigenvalue weighted by molar-refractivity contribution is 0.0961. The summed E-state index contributed by atoms with van der Waals surface area (Å²) in [6, 6.07) is 0.221. The summed E-state index contributed by atoms with van der Waals surface area (Å²) in [5, 5.41) is 6.63. The van der Waals surface area contributed by atoms with E-state index in [0.29, 0.717) is 5.56 Å². The van der Waals surface area contributed by atoms with Crippen molar-refractivity contribution in [3.63, 3.8) is 0 Å². The number of methoxy groups -OCH3 is 1. The molecule has 1 aliphatic carbocycles. The summed E-state index contributed by atoms with van der Waals surface area (Å²) in [4.78, 5) is 11.7. The van der Waals surface area contributed by atoms with Crippen molar-refractivity contribution in [3.8, 4) is 0 Å². The third-order valence-electron chi connectivity index (χ3n) is 3.24. The van der Waals surface area contributed by atoms with E-state index < -0.39 is 0 Å². The van der Waals surface area contributed by atoms with E-state index in [9.17, 15) is 4.79 Å². The largest absolute Gasteiger partial charge is 0.382 e. The Morgan fingerprint density at radius 3 is 3.00 bits per heavy atom. The van der Waals surface area contributed by atoms with Crippen LogP contribution in [0.2, 0.25) is 0 Å². The fraction of sp³-hybridized carbons (Fsp3) is 0.636. The summed E-state index contributed by atoms with van der Waals surface area (Å²) in [6.45, 7) is 0. The van der Waals surface area contributed by atoms with E-state index in [1.165, 1.54) is 11.5 Å². The van der Waals surface area contributed by atoms with Crippen LogP contribution in [-0.4, -0.2) is 36.6 Å². The molecule has 2 unspecified atom stereocenters. The van der Waals surface area contributed by atoms with Crippen LogP contribution >= 0.6 is 11.5 Å². The van der Waals surface area contributed by atoms with Gasteiger partial charge in [0.2, 0.25) is 0 Å². The second kappa shape index (κ2) is 5.53. The van der Waals surface area contributed by atoms with Crippen molar-refractivity contribution in [2.75, 3.05) is 25.2 Å². The standard InChI is InChI=1S/C11H18N4O2S/c1-13-10(16)8-9(12)15-18-11(8)14-6-4-3-5-7(6)17-2/h6-7,14H,3-5H2,1-2H3,(H2,12,15)(H,13,16). The van der Waals surface area contributed by atoms with E-state index in [1.54, 1.807) is 14.2 Å². The lowest BCUT2D eigenvalue weighted by Gasteiger charge is -2.20. The molecule has 1 aromatic rings. The van der Waals surface area contributed by atoms with E-state index in [2.05, 4.69) is 15.0 Å². The van der Waals surface area contributed by atoms with Crippen molar-refractivity contribution in [2.24, 2.45) is 0 Å². The average molecular weight is 270 g/mol. The summed E-state index contributed by atoms with van der Waals surface area (Å²) in [5.41, 5.74) is 6.16. The van der Waals surface area contributed by atoms with Gasteiger partial charge in [0, 0.05) is 14.2 Å². The third-order valence-corrected chi connectivity index (χ3v) is 4.04. The number of nitrogens with two attached hydrogens (primary N) is 1. The maximum atomic E-state index is 11.7. The molecule has 0 aliphatic heterocycles. The smallest absolute Gasteiger partial charge is 0.257 e. The molecule has 2 rings (SSSR count). The Balaban J connectivity index is 2.16. The van der Waals surface area contributed by atoms with Gasteiger partial charge in [0.15, 0.2) is 5.82 Å². The molecule has 4 N–H and O–H groups in total. The highest BCUT2D eigenvalue weighted by Crippen LogP contribution is 2.31. The summed E-state index contributed by atoms with van der Waals surface area (Å²) < 4.78 is 9.45. The number of carbonyl (C=O) groups is 1. The number of amides is 1. The lowest BCUT2D eigenvalue weighted by atomic mass is 10.2. The minimum absolute atomic E-state index is 0.186. The first-order valence-electron chi connectivity index (χ1n) is 5.94. The summed E-state index contributed by atoms with van der Waals surface area (Å²) in [7, 11) is 3.29. The second-order valence-corrected chi connectivity index (χ2v) is 5.08. The molecule has 1 amide bonds. The molecule has 2 atom stereocenters. The van der Waals surface area contributed by atoms with Crippen molar-refractivity contribution in [1.29, 1.82) is 0 Å². The minimum atomic E-state index is -0.212. The first kappa shape index (κ1) is 13.1. The molecular weight excluding hydrogens is 252 g/mol.